The zero-order valence-electron chi connectivity index (χ0n) is 11.4. The number of nitrogens with one attached hydrogen (secondary N) is 1. The topological polar surface area (TPSA) is 79.3 Å². The van der Waals surface area contributed by atoms with Gasteiger partial charge in [0.1, 0.15) is 0 Å². The van der Waals surface area contributed by atoms with Crippen LogP contribution in [0.2, 0.25) is 0 Å². The number of hydrogen-bond acceptors (Lipinski definition) is 4. The van der Waals surface area contributed by atoms with Crippen molar-refractivity contribution in [3.63, 3.8) is 0 Å². The molecule has 2 rings (SSSR count). The van der Waals surface area contributed by atoms with Gasteiger partial charge in [0, 0.05) is 31.0 Å². The van der Waals surface area contributed by atoms with E-state index < -0.39 is 5.97 Å². The number of rotatable bonds is 7. The fourth-order valence-corrected chi connectivity index (χ4v) is 2.51. The van der Waals surface area contributed by atoms with Gasteiger partial charge in [0.25, 0.3) is 0 Å². The molecule has 1 heterocycles. The Kier molecular flexibility index (Phi) is 5.45. The molecule has 0 saturated carbocycles. The highest BCUT2D eigenvalue weighted by Crippen LogP contribution is 2.07. The number of carboxylic acids is 1. The van der Waals surface area contributed by atoms with Crippen molar-refractivity contribution in [2.45, 2.75) is 19.3 Å². The van der Waals surface area contributed by atoms with E-state index in [1.54, 1.807) is 35.7 Å². The third-order valence-electron chi connectivity index (χ3n) is 2.96. The van der Waals surface area contributed by atoms with E-state index in [-0.39, 0.29) is 11.5 Å². The lowest BCUT2D eigenvalue weighted by Gasteiger charge is -2.05. The Morgan fingerprint density at radius 1 is 1.29 bits per heavy atom. The first kappa shape index (κ1) is 15.2. The van der Waals surface area contributed by atoms with Crippen LogP contribution < -0.4 is 5.32 Å². The van der Waals surface area contributed by atoms with Gasteiger partial charge in [0.2, 0.25) is 5.91 Å². The first-order valence-corrected chi connectivity index (χ1v) is 7.50. The van der Waals surface area contributed by atoms with Crippen LogP contribution in [0.25, 0.3) is 0 Å². The fraction of sp³-hybridized carbons (Fsp3) is 0.267. The molecule has 0 unspecified atom stereocenters. The van der Waals surface area contributed by atoms with Gasteiger partial charge >= 0.3 is 5.97 Å². The van der Waals surface area contributed by atoms with E-state index >= 15 is 0 Å². The molecule has 21 heavy (non-hydrogen) atoms. The van der Waals surface area contributed by atoms with Gasteiger partial charge in [-0.05, 0) is 24.1 Å². The van der Waals surface area contributed by atoms with Gasteiger partial charge in [-0.2, -0.15) is 0 Å². The van der Waals surface area contributed by atoms with Gasteiger partial charge in [-0.3, -0.25) is 4.79 Å². The summed E-state index contributed by atoms with van der Waals surface area (Å²) in [6.45, 7) is 0.500. The van der Waals surface area contributed by atoms with Gasteiger partial charge in [0.05, 0.1) is 10.6 Å². The number of aryl methyl sites for hydroxylation is 1. The highest BCUT2D eigenvalue weighted by atomic mass is 32.1. The summed E-state index contributed by atoms with van der Waals surface area (Å²) in [5, 5.41) is 14.6. The minimum Gasteiger partial charge on any atom is -0.478 e. The van der Waals surface area contributed by atoms with Gasteiger partial charge < -0.3 is 10.4 Å². The molecular weight excluding hydrogens is 288 g/mol. The number of benzene rings is 1. The summed E-state index contributed by atoms with van der Waals surface area (Å²) >= 11 is 1.54. The van der Waals surface area contributed by atoms with E-state index in [1.807, 2.05) is 11.4 Å². The predicted molar refractivity (Wildman–Crippen MR) is 80.6 cm³/mol. The molecule has 0 aliphatic carbocycles. The zero-order valence-corrected chi connectivity index (χ0v) is 12.2. The Labute approximate surface area is 126 Å². The van der Waals surface area contributed by atoms with E-state index in [1.165, 1.54) is 0 Å². The lowest BCUT2D eigenvalue weighted by molar-refractivity contribution is -0.121. The van der Waals surface area contributed by atoms with E-state index in [0.29, 0.717) is 25.8 Å². The third-order valence-corrected chi connectivity index (χ3v) is 3.80. The molecule has 110 valence electrons. The van der Waals surface area contributed by atoms with Crippen LogP contribution in [0.4, 0.5) is 0 Å². The van der Waals surface area contributed by atoms with Crippen LogP contribution in [0, 0.1) is 0 Å². The maximum absolute atomic E-state index is 11.7. The van der Waals surface area contributed by atoms with Crippen LogP contribution in [0.3, 0.4) is 0 Å². The predicted octanol–water partition coefficient (Wildman–Crippen LogP) is 2.13. The number of carbonyl (C=O) groups is 2. The number of thiazole rings is 1. The molecule has 0 radical (unpaired) electrons. The summed E-state index contributed by atoms with van der Waals surface area (Å²) in [7, 11) is 0. The summed E-state index contributed by atoms with van der Waals surface area (Å²) in [5.41, 5.74) is 1.16. The molecule has 1 aromatic heterocycles. The molecule has 2 aromatic rings. The third kappa shape index (κ3) is 5.00. The molecule has 2 N–H and O–H groups in total. The fourth-order valence-electron chi connectivity index (χ4n) is 1.89. The Hall–Kier alpha value is -2.21. The SMILES string of the molecule is O=C(CCc1nccs1)NCCc1cccc(C(=O)O)c1. The molecule has 1 amide bonds. The monoisotopic (exact) mass is 304 g/mol. The minimum absolute atomic E-state index is 0.0143. The van der Waals surface area contributed by atoms with Crippen molar-refractivity contribution in [2.75, 3.05) is 6.54 Å². The summed E-state index contributed by atoms with van der Waals surface area (Å²) in [5.74, 6) is -0.955. The second-order valence-corrected chi connectivity index (χ2v) is 5.51. The summed E-state index contributed by atoms with van der Waals surface area (Å²) in [4.78, 5) is 26.7. The van der Waals surface area contributed by atoms with Crippen LogP contribution in [0.15, 0.2) is 35.8 Å². The maximum Gasteiger partial charge on any atom is 0.335 e. The molecule has 0 bridgehead atoms. The second kappa shape index (κ2) is 7.54. The summed E-state index contributed by atoms with van der Waals surface area (Å²) in [6.07, 6.45) is 3.41. The first-order valence-electron chi connectivity index (χ1n) is 6.62. The first-order chi connectivity index (χ1) is 10.1. The number of hydrogen-bond donors (Lipinski definition) is 2. The van der Waals surface area contributed by atoms with Crippen LogP contribution in [-0.2, 0) is 17.6 Å². The van der Waals surface area contributed by atoms with E-state index in [0.717, 1.165) is 10.6 Å². The number of nitrogens with zero attached hydrogens (tertiary/aromatic N) is 1. The number of amides is 1. The summed E-state index contributed by atoms with van der Waals surface area (Å²) < 4.78 is 0. The van der Waals surface area contributed by atoms with Crippen molar-refractivity contribution in [3.05, 3.63) is 52.0 Å². The molecule has 0 fully saturated rings. The molecule has 0 atom stereocenters. The molecule has 5 nitrogen and oxygen atoms in total. The average Bonchev–Trinajstić information content (AvgIpc) is 2.99. The maximum atomic E-state index is 11.7. The molecule has 0 spiro atoms. The highest BCUT2D eigenvalue weighted by molar-refractivity contribution is 7.09. The van der Waals surface area contributed by atoms with Crippen LogP contribution in [-0.4, -0.2) is 28.5 Å². The molecule has 0 aliphatic rings. The minimum atomic E-state index is -0.940. The van der Waals surface area contributed by atoms with Crippen molar-refractivity contribution in [1.29, 1.82) is 0 Å². The lowest BCUT2D eigenvalue weighted by Crippen LogP contribution is -2.25. The quantitative estimate of drug-likeness (QED) is 0.821. The second-order valence-electron chi connectivity index (χ2n) is 4.53. The van der Waals surface area contributed by atoms with Crippen molar-refractivity contribution in [2.24, 2.45) is 0 Å². The molecule has 0 aliphatic heterocycles. The molecule has 6 heteroatoms. The molecule has 0 saturated heterocycles. The summed E-state index contributed by atoms with van der Waals surface area (Å²) in [6, 6.07) is 6.75. The normalized spacial score (nSPS) is 10.3. The smallest absolute Gasteiger partial charge is 0.335 e. The highest BCUT2D eigenvalue weighted by Gasteiger charge is 2.05. The largest absolute Gasteiger partial charge is 0.478 e. The number of aromatic nitrogens is 1. The van der Waals surface area contributed by atoms with Crippen LogP contribution in [0.1, 0.15) is 27.3 Å². The van der Waals surface area contributed by atoms with Crippen LogP contribution >= 0.6 is 11.3 Å². The van der Waals surface area contributed by atoms with E-state index in [2.05, 4.69) is 10.3 Å². The van der Waals surface area contributed by atoms with Gasteiger partial charge in [-0.25, -0.2) is 9.78 Å². The Bertz CT molecular complexity index is 611. The Balaban J connectivity index is 1.72. The van der Waals surface area contributed by atoms with Gasteiger partial charge in [0.15, 0.2) is 0 Å². The van der Waals surface area contributed by atoms with Gasteiger partial charge in [-0.1, -0.05) is 12.1 Å². The average molecular weight is 304 g/mol. The number of carbonyl (C=O) groups excluding carboxylic acids is 1. The van der Waals surface area contributed by atoms with Crippen LogP contribution in [0.5, 0.6) is 0 Å². The van der Waals surface area contributed by atoms with E-state index in [9.17, 15) is 9.59 Å². The lowest BCUT2D eigenvalue weighted by atomic mass is 10.1. The van der Waals surface area contributed by atoms with Crippen molar-refractivity contribution in [1.82, 2.24) is 10.3 Å². The number of carboxylic acid groups (broad SMARTS) is 1. The molecule has 1 aromatic carbocycles. The van der Waals surface area contributed by atoms with Crippen molar-refractivity contribution >= 4 is 23.2 Å². The zero-order chi connectivity index (χ0) is 15.1. The van der Waals surface area contributed by atoms with Crippen molar-refractivity contribution in [3.8, 4) is 0 Å². The Morgan fingerprint density at radius 3 is 2.86 bits per heavy atom. The van der Waals surface area contributed by atoms with Gasteiger partial charge in [-0.15, -0.1) is 11.3 Å². The Morgan fingerprint density at radius 2 is 2.14 bits per heavy atom. The van der Waals surface area contributed by atoms with E-state index in [4.69, 9.17) is 5.11 Å². The van der Waals surface area contributed by atoms with Crippen molar-refractivity contribution < 1.29 is 14.7 Å². The number of aromatic carboxylic acids is 1. The standard InChI is InChI=1S/C15H16N2O3S/c18-13(4-5-14-17-8-9-21-14)16-7-6-11-2-1-3-12(10-11)15(19)20/h1-3,8-10H,4-7H2,(H,16,18)(H,19,20). The molecular formula is C15H16N2O3S.